The molecule has 0 aliphatic heterocycles. The molecule has 85 heavy (non-hydrogen) atoms. The molecule has 0 heterocycles. The zero-order chi connectivity index (χ0) is 57.0. The topological polar surface area (TPSA) is 0 Å². The summed E-state index contributed by atoms with van der Waals surface area (Å²) in [6.45, 7) is 3.06. The van der Waals surface area contributed by atoms with Crippen LogP contribution in [0.5, 0.6) is 0 Å². The van der Waals surface area contributed by atoms with Gasteiger partial charge in [0.2, 0.25) is 0 Å². The quantitative estimate of drug-likeness (QED) is 0.152. The molecule has 14 aliphatic rings. The SMILES string of the molecule is CC(C1CCCCC1)(C1CCCCC1)C1CC(C2CCC(C3CCC4C5CCC(C=C(C6CCCCC6)C6CCCCC6)CC5C(C5CCCCC5)(C5CCCCC5)C4C3)CC2)CCC1C1CCC(C=C(C2CCCCC2)C2CCCCC2)CC1. The molecule has 14 rings (SSSR count). The van der Waals surface area contributed by atoms with E-state index in [0.717, 1.165) is 124 Å². The van der Waals surface area contributed by atoms with Crippen LogP contribution in [0.3, 0.4) is 0 Å². The number of hydrogen-bond acceptors (Lipinski definition) is 0. The van der Waals surface area contributed by atoms with Crippen molar-refractivity contribution in [2.45, 2.75) is 373 Å². The first-order valence-electron chi connectivity index (χ1n) is 41.4. The minimum atomic E-state index is 0.594. The Balaban J connectivity index is 0.689. The van der Waals surface area contributed by atoms with E-state index in [4.69, 9.17) is 0 Å². The first kappa shape index (κ1) is 62.0. The highest BCUT2D eigenvalue weighted by Crippen LogP contribution is 2.74. The van der Waals surface area contributed by atoms with Crippen molar-refractivity contribution in [3.05, 3.63) is 23.3 Å². The van der Waals surface area contributed by atoms with Crippen molar-refractivity contribution in [2.24, 2.45) is 135 Å². The molecule has 0 spiro atoms. The summed E-state index contributed by atoms with van der Waals surface area (Å²) in [5.41, 5.74) is 5.38. The minimum Gasteiger partial charge on any atom is -0.0817 e. The summed E-state index contributed by atoms with van der Waals surface area (Å²) in [5.74, 6) is 21.4. The fraction of sp³-hybridized carbons (Fsp3) is 0.953. The van der Waals surface area contributed by atoms with Gasteiger partial charge in [-0.2, -0.15) is 0 Å². The molecule has 0 nitrogen and oxygen atoms in total. The Morgan fingerprint density at radius 3 is 1.02 bits per heavy atom. The minimum absolute atomic E-state index is 0.594. The van der Waals surface area contributed by atoms with Crippen LogP contribution < -0.4 is 0 Å². The van der Waals surface area contributed by atoms with Crippen molar-refractivity contribution in [1.29, 1.82) is 0 Å². The standard InChI is InChI=1S/C85H140/c1-84(72-34-18-6-19-35-72,73-36-20-7-21-37-73)81-59-70(51-54-76(81)69-45-42-61(43-46-69)56-79(65-26-10-2-11-27-65)66-28-12-3-13-29-66)63-47-49-64(50-48-63)71-52-55-78-77-53-44-62(57-80(67-30-14-4-15-31-67)68-32-16-5-17-33-68)58-82(77)85(83(78)60-71,74-38-22-8-23-39-74)75-40-24-9-25-41-75/h56-57,61-78,81-83H,2-55,58-60H2,1H3. The molecular formula is C85H140. The maximum atomic E-state index is 3.16. The van der Waals surface area contributed by atoms with Crippen molar-refractivity contribution < 1.29 is 0 Å². The predicted octanol–water partition coefficient (Wildman–Crippen LogP) is 26.2. The third kappa shape index (κ3) is 13.3. The third-order valence-electron chi connectivity index (χ3n) is 32.8. The van der Waals surface area contributed by atoms with Crippen LogP contribution in [0.2, 0.25) is 0 Å². The molecule has 14 saturated carbocycles. The second-order valence-electron chi connectivity index (χ2n) is 36.3. The van der Waals surface area contributed by atoms with Gasteiger partial charge in [0, 0.05) is 0 Å². The first-order chi connectivity index (χ1) is 42.0. The van der Waals surface area contributed by atoms with Crippen molar-refractivity contribution in [3.8, 4) is 0 Å². The highest BCUT2D eigenvalue weighted by atomic mass is 14.7. The van der Waals surface area contributed by atoms with Crippen molar-refractivity contribution in [2.75, 3.05) is 0 Å². The zero-order valence-electron chi connectivity index (χ0n) is 56.6. The van der Waals surface area contributed by atoms with Gasteiger partial charge in [0.1, 0.15) is 0 Å². The van der Waals surface area contributed by atoms with Gasteiger partial charge in [-0.15, -0.1) is 0 Å². The maximum absolute atomic E-state index is 3.16. The maximum Gasteiger partial charge on any atom is -0.0179 e. The van der Waals surface area contributed by atoms with Gasteiger partial charge in [-0.1, -0.05) is 184 Å². The predicted molar refractivity (Wildman–Crippen MR) is 363 cm³/mol. The number of rotatable bonds is 14. The van der Waals surface area contributed by atoms with Crippen LogP contribution >= 0.6 is 0 Å². The molecule has 0 radical (unpaired) electrons. The molecule has 0 N–H and O–H groups in total. The largest absolute Gasteiger partial charge is 0.0817 e. The normalized spacial score (nSPS) is 40.0. The lowest BCUT2D eigenvalue weighted by Crippen LogP contribution is -2.51. The zero-order valence-corrected chi connectivity index (χ0v) is 56.6. The van der Waals surface area contributed by atoms with E-state index in [1.165, 1.54) is 141 Å². The van der Waals surface area contributed by atoms with Crippen molar-refractivity contribution >= 4 is 0 Å². The highest BCUT2D eigenvalue weighted by Gasteiger charge is 2.67. The summed E-state index contributed by atoms with van der Waals surface area (Å²) in [6, 6.07) is 0. The Morgan fingerprint density at radius 2 is 0.588 bits per heavy atom. The molecule has 480 valence electrons. The third-order valence-corrected chi connectivity index (χ3v) is 32.8. The summed E-state index contributed by atoms with van der Waals surface area (Å²) in [5, 5.41) is 0. The molecule has 9 unspecified atom stereocenters. The van der Waals surface area contributed by atoms with Crippen LogP contribution in [0.15, 0.2) is 23.3 Å². The van der Waals surface area contributed by atoms with Crippen LogP contribution in [0, 0.1) is 135 Å². The van der Waals surface area contributed by atoms with Crippen molar-refractivity contribution in [3.63, 3.8) is 0 Å². The van der Waals surface area contributed by atoms with E-state index >= 15 is 0 Å². The van der Waals surface area contributed by atoms with E-state index in [9.17, 15) is 0 Å². The van der Waals surface area contributed by atoms with E-state index in [0.29, 0.717) is 10.8 Å². The van der Waals surface area contributed by atoms with E-state index in [-0.39, 0.29) is 0 Å². The van der Waals surface area contributed by atoms with Gasteiger partial charge >= 0.3 is 0 Å². The molecule has 0 bridgehead atoms. The number of fused-ring (bicyclic) bond motifs is 3. The van der Waals surface area contributed by atoms with Gasteiger partial charge in [0.05, 0.1) is 0 Å². The highest BCUT2D eigenvalue weighted by molar-refractivity contribution is 5.20. The van der Waals surface area contributed by atoms with Crippen molar-refractivity contribution in [1.82, 2.24) is 0 Å². The van der Waals surface area contributed by atoms with E-state index in [1.54, 1.807) is 225 Å². The van der Waals surface area contributed by atoms with Gasteiger partial charge in [-0.25, -0.2) is 0 Å². The van der Waals surface area contributed by atoms with Gasteiger partial charge in [0.25, 0.3) is 0 Å². The molecule has 9 atom stereocenters. The molecule has 14 aliphatic carbocycles. The number of allylic oxidation sites excluding steroid dienone is 4. The molecule has 0 aromatic heterocycles. The van der Waals surface area contributed by atoms with Gasteiger partial charge in [0.15, 0.2) is 0 Å². The second kappa shape index (κ2) is 29.2. The number of hydrogen-bond donors (Lipinski definition) is 0. The Morgan fingerprint density at radius 1 is 0.271 bits per heavy atom. The van der Waals surface area contributed by atoms with Crippen LogP contribution in [0.4, 0.5) is 0 Å². The van der Waals surface area contributed by atoms with Crippen LogP contribution in [0.25, 0.3) is 0 Å². The average Bonchev–Trinajstić information content (AvgIpc) is 1.79. The molecule has 0 heteroatoms. The fourth-order valence-corrected chi connectivity index (χ4v) is 28.9. The summed E-state index contributed by atoms with van der Waals surface area (Å²) >= 11 is 0. The second-order valence-corrected chi connectivity index (χ2v) is 36.3. The molecule has 14 fully saturated rings. The van der Waals surface area contributed by atoms with Gasteiger partial charge < -0.3 is 0 Å². The monoisotopic (exact) mass is 1160 g/mol. The van der Waals surface area contributed by atoms with E-state index in [2.05, 4.69) is 24.6 Å². The first-order valence-corrected chi connectivity index (χ1v) is 41.4. The lowest BCUT2D eigenvalue weighted by atomic mass is 9.46. The summed E-state index contributed by atoms with van der Waals surface area (Å²) in [6.07, 6.45) is 95.5. The molecular weight excluding hydrogens is 1020 g/mol. The van der Waals surface area contributed by atoms with Crippen LogP contribution in [-0.4, -0.2) is 0 Å². The fourth-order valence-electron chi connectivity index (χ4n) is 28.9. The lowest BCUT2D eigenvalue weighted by Gasteiger charge is -2.58. The molecule has 0 amide bonds. The van der Waals surface area contributed by atoms with E-state index < -0.39 is 0 Å². The van der Waals surface area contributed by atoms with Gasteiger partial charge in [-0.3, -0.25) is 0 Å². The average molecular weight is 1160 g/mol. The Hall–Kier alpha value is -0.520. The van der Waals surface area contributed by atoms with Gasteiger partial charge in [-0.05, 0) is 347 Å². The molecule has 0 aromatic rings. The van der Waals surface area contributed by atoms with E-state index in [1.807, 2.05) is 5.57 Å². The Kier molecular flexibility index (Phi) is 21.3. The van der Waals surface area contributed by atoms with Crippen LogP contribution in [-0.2, 0) is 0 Å². The summed E-state index contributed by atoms with van der Waals surface area (Å²) < 4.78 is 0. The molecule has 0 aromatic carbocycles. The summed E-state index contributed by atoms with van der Waals surface area (Å²) in [7, 11) is 0. The lowest BCUT2D eigenvalue weighted by molar-refractivity contribution is -0.0932. The Bertz CT molecular complexity index is 1980. The summed E-state index contributed by atoms with van der Waals surface area (Å²) in [4.78, 5) is 0. The smallest absolute Gasteiger partial charge is 0.0179 e. The molecule has 0 saturated heterocycles. The van der Waals surface area contributed by atoms with Crippen LogP contribution in [0.1, 0.15) is 373 Å². The Labute approximate surface area is 528 Å².